The Hall–Kier alpha value is -3.92. The summed E-state index contributed by atoms with van der Waals surface area (Å²) in [6.07, 6.45) is 0. The minimum absolute atomic E-state index is 0.0984. The van der Waals surface area contributed by atoms with E-state index in [4.69, 9.17) is 14.2 Å². The molecule has 0 radical (unpaired) electrons. The van der Waals surface area contributed by atoms with Gasteiger partial charge in [-0.05, 0) is 35.7 Å². The molecule has 1 atom stereocenters. The van der Waals surface area contributed by atoms with E-state index < -0.39 is 0 Å². The van der Waals surface area contributed by atoms with E-state index in [0.29, 0.717) is 6.61 Å². The van der Waals surface area contributed by atoms with Crippen LogP contribution in [0.2, 0.25) is 0 Å². The van der Waals surface area contributed by atoms with Gasteiger partial charge in [0.15, 0.2) is 11.5 Å². The first kappa shape index (κ1) is 19.5. The molecular weight excluding hydrogens is 422 g/mol. The zero-order valence-electron chi connectivity index (χ0n) is 19.0. The van der Waals surface area contributed by atoms with Crippen LogP contribution in [0.15, 0.2) is 91.0 Å². The van der Waals surface area contributed by atoms with E-state index in [1.54, 1.807) is 0 Å². The molecule has 0 saturated heterocycles. The summed E-state index contributed by atoms with van der Waals surface area (Å²) >= 11 is 0. The molecule has 4 aromatic rings. The molecule has 168 valence electrons. The lowest BCUT2D eigenvalue weighted by atomic mass is 9.77. The summed E-state index contributed by atoms with van der Waals surface area (Å²) in [6.45, 7) is 3.86. The van der Waals surface area contributed by atoms with Crippen LogP contribution < -0.4 is 19.1 Å². The Morgan fingerprint density at radius 1 is 0.706 bits per heavy atom. The monoisotopic (exact) mass is 447 g/mol. The van der Waals surface area contributed by atoms with Gasteiger partial charge in [-0.3, -0.25) is 0 Å². The highest BCUT2D eigenvalue weighted by Gasteiger charge is 2.52. The number of hydrogen-bond donors (Lipinski definition) is 0. The Labute approximate surface area is 199 Å². The number of anilines is 1. The van der Waals surface area contributed by atoms with E-state index in [2.05, 4.69) is 96.8 Å². The van der Waals surface area contributed by atoms with Gasteiger partial charge in [0.25, 0.3) is 0 Å². The molecule has 0 N–H and O–H groups in total. The second-order valence-corrected chi connectivity index (χ2v) is 9.44. The highest BCUT2D eigenvalue weighted by molar-refractivity contribution is 5.73. The molecule has 4 nitrogen and oxygen atoms in total. The topological polar surface area (TPSA) is 30.9 Å². The molecule has 3 aliphatic heterocycles. The van der Waals surface area contributed by atoms with Crippen molar-refractivity contribution in [1.29, 1.82) is 0 Å². The van der Waals surface area contributed by atoms with Gasteiger partial charge in [-0.1, -0.05) is 78.4 Å². The van der Waals surface area contributed by atoms with E-state index in [-0.39, 0.29) is 18.2 Å². The molecule has 1 spiro atoms. The number of benzene rings is 4. The summed E-state index contributed by atoms with van der Waals surface area (Å²) < 4.78 is 17.7. The van der Waals surface area contributed by atoms with Crippen molar-refractivity contribution in [2.45, 2.75) is 18.4 Å². The maximum atomic E-state index is 6.34. The molecule has 0 amide bonds. The highest BCUT2D eigenvalue weighted by Crippen LogP contribution is 2.56. The van der Waals surface area contributed by atoms with Crippen molar-refractivity contribution in [3.63, 3.8) is 0 Å². The van der Waals surface area contributed by atoms with Crippen LogP contribution in [-0.4, -0.2) is 19.9 Å². The lowest BCUT2D eigenvalue weighted by Crippen LogP contribution is -2.38. The van der Waals surface area contributed by atoms with Gasteiger partial charge in [0.1, 0.15) is 12.4 Å². The number of rotatable bonds is 3. The van der Waals surface area contributed by atoms with E-state index in [1.165, 1.54) is 33.5 Å². The smallest absolute Gasteiger partial charge is 0.231 e. The van der Waals surface area contributed by atoms with Crippen molar-refractivity contribution in [2.24, 2.45) is 0 Å². The molecule has 3 aliphatic rings. The molecule has 0 aliphatic carbocycles. The Morgan fingerprint density at radius 3 is 2.09 bits per heavy atom. The predicted octanol–water partition coefficient (Wildman–Crippen LogP) is 6.01. The van der Waals surface area contributed by atoms with Gasteiger partial charge in [-0.25, -0.2) is 0 Å². The van der Waals surface area contributed by atoms with Crippen molar-refractivity contribution in [3.05, 3.63) is 119 Å². The van der Waals surface area contributed by atoms with Crippen LogP contribution in [-0.2, 0) is 5.41 Å². The third-order valence-electron chi connectivity index (χ3n) is 7.42. The Kier molecular flexibility index (Phi) is 4.19. The molecule has 4 heteroatoms. The fraction of sp³-hybridized carbons (Fsp3) is 0.200. The fourth-order valence-electron chi connectivity index (χ4n) is 5.85. The van der Waals surface area contributed by atoms with E-state index in [1.807, 2.05) is 6.07 Å². The maximum Gasteiger partial charge on any atom is 0.231 e. The minimum Gasteiger partial charge on any atom is -0.492 e. The molecule has 4 aromatic carbocycles. The first-order valence-electron chi connectivity index (χ1n) is 11.8. The van der Waals surface area contributed by atoms with Crippen molar-refractivity contribution >= 4 is 5.69 Å². The second kappa shape index (κ2) is 7.29. The van der Waals surface area contributed by atoms with Gasteiger partial charge in [-0.15, -0.1) is 0 Å². The SMILES string of the molecule is Cc1ccc2c(c1)C1(COc3cc4c(cc31)OCO4)CN2C(c1ccccc1)c1ccccc1. The van der Waals surface area contributed by atoms with Crippen LogP contribution >= 0.6 is 0 Å². The van der Waals surface area contributed by atoms with Crippen molar-refractivity contribution in [2.75, 3.05) is 24.8 Å². The van der Waals surface area contributed by atoms with E-state index in [9.17, 15) is 0 Å². The molecular formula is C30H25NO3. The molecule has 34 heavy (non-hydrogen) atoms. The van der Waals surface area contributed by atoms with Crippen LogP contribution in [0.3, 0.4) is 0 Å². The molecule has 7 rings (SSSR count). The molecule has 1 unspecified atom stereocenters. The standard InChI is InChI=1S/C30H25NO3/c1-20-12-13-25-23(14-20)30(18-32-26-16-28-27(15-24(26)30)33-19-34-28)17-31(25)29(21-8-4-2-5-9-21)22-10-6-3-7-11-22/h2-16,29H,17-19H2,1H3. The van der Waals surface area contributed by atoms with Gasteiger partial charge < -0.3 is 19.1 Å². The zero-order valence-corrected chi connectivity index (χ0v) is 19.0. The van der Waals surface area contributed by atoms with Crippen molar-refractivity contribution < 1.29 is 14.2 Å². The lowest BCUT2D eigenvalue weighted by molar-refractivity contribution is 0.173. The average Bonchev–Trinajstić information content (AvgIpc) is 3.56. The quantitative estimate of drug-likeness (QED) is 0.385. The number of aryl methyl sites for hydroxylation is 1. The van der Waals surface area contributed by atoms with Crippen LogP contribution in [0.5, 0.6) is 17.2 Å². The highest BCUT2D eigenvalue weighted by atomic mass is 16.7. The van der Waals surface area contributed by atoms with Crippen LogP contribution in [0.4, 0.5) is 5.69 Å². The zero-order chi connectivity index (χ0) is 22.7. The Bertz CT molecular complexity index is 1350. The van der Waals surface area contributed by atoms with Gasteiger partial charge >= 0.3 is 0 Å². The normalized spacial score (nSPS) is 19.4. The average molecular weight is 448 g/mol. The largest absolute Gasteiger partial charge is 0.492 e. The van der Waals surface area contributed by atoms with Gasteiger partial charge in [0.05, 0.1) is 11.5 Å². The summed E-state index contributed by atoms with van der Waals surface area (Å²) in [4.78, 5) is 2.56. The van der Waals surface area contributed by atoms with Crippen LogP contribution in [0, 0.1) is 6.92 Å². The van der Waals surface area contributed by atoms with Crippen LogP contribution in [0.1, 0.15) is 33.9 Å². The number of ether oxygens (including phenoxy) is 3. The molecule has 0 fully saturated rings. The number of nitrogens with zero attached hydrogens (tertiary/aromatic N) is 1. The van der Waals surface area contributed by atoms with Gasteiger partial charge in [-0.2, -0.15) is 0 Å². The molecule has 0 saturated carbocycles. The van der Waals surface area contributed by atoms with E-state index in [0.717, 1.165) is 23.8 Å². The summed E-state index contributed by atoms with van der Waals surface area (Å²) in [6, 6.07) is 32.7. The van der Waals surface area contributed by atoms with Gasteiger partial charge in [0, 0.05) is 23.9 Å². The summed E-state index contributed by atoms with van der Waals surface area (Å²) in [5.41, 5.74) is 7.32. The second-order valence-electron chi connectivity index (χ2n) is 9.44. The van der Waals surface area contributed by atoms with Crippen molar-refractivity contribution in [1.82, 2.24) is 0 Å². The van der Waals surface area contributed by atoms with E-state index >= 15 is 0 Å². The predicted molar refractivity (Wildman–Crippen MR) is 132 cm³/mol. The van der Waals surface area contributed by atoms with Crippen molar-refractivity contribution in [3.8, 4) is 17.2 Å². The first-order chi connectivity index (χ1) is 16.7. The maximum absolute atomic E-state index is 6.34. The Balaban J connectivity index is 1.43. The molecule has 3 heterocycles. The first-order valence-corrected chi connectivity index (χ1v) is 11.8. The summed E-state index contributed by atoms with van der Waals surface area (Å²) in [5, 5.41) is 0. The third kappa shape index (κ3) is 2.78. The molecule has 0 aromatic heterocycles. The lowest BCUT2D eigenvalue weighted by Gasteiger charge is -2.33. The molecule has 0 bridgehead atoms. The third-order valence-corrected chi connectivity index (χ3v) is 7.42. The summed E-state index contributed by atoms with van der Waals surface area (Å²) in [5.74, 6) is 2.47. The number of fused-ring (bicyclic) bond motifs is 5. The van der Waals surface area contributed by atoms with Crippen LogP contribution in [0.25, 0.3) is 0 Å². The fourth-order valence-corrected chi connectivity index (χ4v) is 5.85. The number of hydrogen-bond acceptors (Lipinski definition) is 4. The minimum atomic E-state index is -0.264. The summed E-state index contributed by atoms with van der Waals surface area (Å²) in [7, 11) is 0. The van der Waals surface area contributed by atoms with Gasteiger partial charge in [0.2, 0.25) is 6.79 Å². The Morgan fingerprint density at radius 2 is 1.38 bits per heavy atom.